The van der Waals surface area contributed by atoms with Crippen molar-refractivity contribution in [3.63, 3.8) is 0 Å². The molecule has 0 radical (unpaired) electrons. The molecule has 0 bridgehead atoms. The van der Waals surface area contributed by atoms with Gasteiger partial charge in [0, 0.05) is 10.6 Å². The standard InChI is InChI=1S/C13H10Cl2O2/c14-10-2-1-3-12(6-10)17-8-9-4-5-11(16)7-13(9)15/h1-7,16H,8H2. The van der Waals surface area contributed by atoms with Gasteiger partial charge in [0.15, 0.2) is 0 Å². The summed E-state index contributed by atoms with van der Waals surface area (Å²) < 4.78 is 5.54. The van der Waals surface area contributed by atoms with E-state index < -0.39 is 0 Å². The SMILES string of the molecule is Oc1ccc(COc2cccc(Cl)c2)c(Cl)c1. The highest BCUT2D eigenvalue weighted by Crippen LogP contribution is 2.24. The van der Waals surface area contributed by atoms with Crippen LogP contribution in [0.3, 0.4) is 0 Å². The highest BCUT2D eigenvalue weighted by atomic mass is 35.5. The van der Waals surface area contributed by atoms with Gasteiger partial charge in [-0.3, -0.25) is 0 Å². The first-order chi connectivity index (χ1) is 8.15. The molecule has 0 aliphatic heterocycles. The Balaban J connectivity index is 2.07. The van der Waals surface area contributed by atoms with Crippen molar-refractivity contribution in [3.8, 4) is 11.5 Å². The first-order valence-corrected chi connectivity index (χ1v) is 5.76. The summed E-state index contributed by atoms with van der Waals surface area (Å²) in [6.07, 6.45) is 0. The number of ether oxygens (including phenoxy) is 1. The molecule has 0 aliphatic rings. The van der Waals surface area contributed by atoms with E-state index >= 15 is 0 Å². The molecule has 0 atom stereocenters. The van der Waals surface area contributed by atoms with E-state index in [1.807, 2.05) is 12.1 Å². The van der Waals surface area contributed by atoms with Crippen LogP contribution in [0.1, 0.15) is 5.56 Å². The lowest BCUT2D eigenvalue weighted by atomic mass is 10.2. The lowest BCUT2D eigenvalue weighted by Gasteiger charge is -2.08. The normalized spacial score (nSPS) is 10.2. The molecule has 2 nitrogen and oxygen atoms in total. The molecular weight excluding hydrogens is 259 g/mol. The zero-order valence-corrected chi connectivity index (χ0v) is 10.4. The molecule has 2 rings (SSSR count). The third kappa shape index (κ3) is 3.29. The number of halogens is 2. The van der Waals surface area contributed by atoms with Crippen LogP contribution in [0.2, 0.25) is 10.0 Å². The second-order valence-electron chi connectivity index (χ2n) is 3.52. The number of phenols is 1. The van der Waals surface area contributed by atoms with Gasteiger partial charge in [-0.15, -0.1) is 0 Å². The van der Waals surface area contributed by atoms with Crippen molar-refractivity contribution >= 4 is 23.2 Å². The lowest BCUT2D eigenvalue weighted by Crippen LogP contribution is -1.95. The maximum atomic E-state index is 9.22. The Hall–Kier alpha value is -1.38. The largest absolute Gasteiger partial charge is 0.508 e. The van der Waals surface area contributed by atoms with Crippen LogP contribution in [-0.2, 0) is 6.61 Å². The van der Waals surface area contributed by atoms with Gasteiger partial charge in [0.05, 0.1) is 5.02 Å². The van der Waals surface area contributed by atoms with Crippen LogP contribution in [0.4, 0.5) is 0 Å². The maximum absolute atomic E-state index is 9.22. The minimum Gasteiger partial charge on any atom is -0.508 e. The summed E-state index contributed by atoms with van der Waals surface area (Å²) in [5, 5.41) is 10.3. The highest BCUT2D eigenvalue weighted by molar-refractivity contribution is 6.31. The molecule has 88 valence electrons. The number of rotatable bonds is 3. The van der Waals surface area contributed by atoms with Gasteiger partial charge >= 0.3 is 0 Å². The quantitative estimate of drug-likeness (QED) is 0.901. The Bertz CT molecular complexity index is 527. The van der Waals surface area contributed by atoms with Gasteiger partial charge in [0.2, 0.25) is 0 Å². The van der Waals surface area contributed by atoms with Gasteiger partial charge < -0.3 is 9.84 Å². The van der Waals surface area contributed by atoms with Crippen LogP contribution in [0, 0.1) is 0 Å². The molecule has 0 saturated heterocycles. The molecule has 2 aromatic rings. The smallest absolute Gasteiger partial charge is 0.121 e. The second kappa shape index (κ2) is 5.30. The minimum absolute atomic E-state index is 0.140. The van der Waals surface area contributed by atoms with Crippen molar-refractivity contribution in [1.29, 1.82) is 0 Å². The van der Waals surface area contributed by atoms with Crippen LogP contribution in [-0.4, -0.2) is 5.11 Å². The van der Waals surface area contributed by atoms with Crippen LogP contribution in [0.25, 0.3) is 0 Å². The van der Waals surface area contributed by atoms with Gasteiger partial charge in [0.25, 0.3) is 0 Å². The predicted molar refractivity (Wildman–Crippen MR) is 68.9 cm³/mol. The summed E-state index contributed by atoms with van der Waals surface area (Å²) in [6.45, 7) is 0.333. The molecule has 0 aliphatic carbocycles. The lowest BCUT2D eigenvalue weighted by molar-refractivity contribution is 0.306. The van der Waals surface area contributed by atoms with Gasteiger partial charge in [-0.2, -0.15) is 0 Å². The third-order valence-electron chi connectivity index (χ3n) is 2.23. The Morgan fingerprint density at radius 2 is 1.88 bits per heavy atom. The molecule has 0 amide bonds. The van der Waals surface area contributed by atoms with Crippen LogP contribution in [0.15, 0.2) is 42.5 Å². The predicted octanol–water partition coefficient (Wildman–Crippen LogP) is 4.28. The molecule has 2 aromatic carbocycles. The summed E-state index contributed by atoms with van der Waals surface area (Å²) in [5.41, 5.74) is 0.810. The summed E-state index contributed by atoms with van der Waals surface area (Å²) in [4.78, 5) is 0. The van der Waals surface area contributed by atoms with Gasteiger partial charge in [-0.1, -0.05) is 35.3 Å². The van der Waals surface area contributed by atoms with Gasteiger partial charge in [-0.25, -0.2) is 0 Å². The van der Waals surface area contributed by atoms with E-state index in [1.165, 1.54) is 6.07 Å². The molecule has 0 unspecified atom stereocenters. The van der Waals surface area contributed by atoms with E-state index in [4.69, 9.17) is 27.9 Å². The first kappa shape index (κ1) is 12.1. The zero-order valence-electron chi connectivity index (χ0n) is 8.86. The fourth-order valence-electron chi connectivity index (χ4n) is 1.37. The van der Waals surface area contributed by atoms with Gasteiger partial charge in [-0.05, 0) is 30.3 Å². The average molecular weight is 269 g/mol. The molecule has 0 heterocycles. The molecule has 4 heteroatoms. The minimum atomic E-state index is 0.140. The van der Waals surface area contributed by atoms with Crippen molar-refractivity contribution in [1.82, 2.24) is 0 Å². The number of benzene rings is 2. The van der Waals surface area contributed by atoms with Crippen molar-refractivity contribution in [2.45, 2.75) is 6.61 Å². The average Bonchev–Trinajstić information content (AvgIpc) is 2.28. The van der Waals surface area contributed by atoms with Crippen LogP contribution >= 0.6 is 23.2 Å². The Labute approximate surface area is 109 Å². The summed E-state index contributed by atoms with van der Waals surface area (Å²) in [6, 6.07) is 11.9. The fourth-order valence-corrected chi connectivity index (χ4v) is 1.78. The second-order valence-corrected chi connectivity index (χ2v) is 4.37. The molecular formula is C13H10Cl2O2. The van der Waals surface area contributed by atoms with Crippen molar-refractivity contribution in [2.24, 2.45) is 0 Å². The molecule has 0 aromatic heterocycles. The van der Waals surface area contributed by atoms with E-state index in [-0.39, 0.29) is 5.75 Å². The zero-order chi connectivity index (χ0) is 12.3. The molecule has 0 saturated carbocycles. The monoisotopic (exact) mass is 268 g/mol. The molecule has 0 spiro atoms. The van der Waals surface area contributed by atoms with Crippen molar-refractivity contribution in [3.05, 3.63) is 58.1 Å². The van der Waals surface area contributed by atoms with E-state index in [0.29, 0.717) is 22.4 Å². The highest BCUT2D eigenvalue weighted by Gasteiger charge is 2.03. The topological polar surface area (TPSA) is 29.5 Å². The third-order valence-corrected chi connectivity index (χ3v) is 2.81. The van der Waals surface area contributed by atoms with E-state index in [9.17, 15) is 5.11 Å². The summed E-state index contributed by atoms with van der Waals surface area (Å²) in [7, 11) is 0. The van der Waals surface area contributed by atoms with Gasteiger partial charge in [0.1, 0.15) is 18.1 Å². The first-order valence-electron chi connectivity index (χ1n) is 5.01. The molecule has 17 heavy (non-hydrogen) atoms. The Morgan fingerprint density at radius 3 is 2.59 bits per heavy atom. The molecule has 0 fully saturated rings. The van der Waals surface area contributed by atoms with Crippen LogP contribution in [0.5, 0.6) is 11.5 Å². The number of aromatic hydroxyl groups is 1. The van der Waals surface area contributed by atoms with Crippen LogP contribution < -0.4 is 4.74 Å². The van der Waals surface area contributed by atoms with E-state index in [2.05, 4.69) is 0 Å². The number of hydrogen-bond donors (Lipinski definition) is 1. The van der Waals surface area contributed by atoms with Crippen molar-refractivity contribution in [2.75, 3.05) is 0 Å². The Kier molecular flexibility index (Phi) is 3.77. The number of hydrogen-bond acceptors (Lipinski definition) is 2. The molecule has 1 N–H and O–H groups in total. The van der Waals surface area contributed by atoms with E-state index in [0.717, 1.165) is 5.56 Å². The summed E-state index contributed by atoms with van der Waals surface area (Å²) in [5.74, 6) is 0.822. The Morgan fingerprint density at radius 1 is 1.06 bits per heavy atom. The maximum Gasteiger partial charge on any atom is 0.121 e. The summed E-state index contributed by atoms with van der Waals surface area (Å²) >= 11 is 11.8. The fraction of sp³-hybridized carbons (Fsp3) is 0.0769. The number of phenolic OH excluding ortho intramolecular Hbond substituents is 1. The van der Waals surface area contributed by atoms with E-state index in [1.54, 1.807) is 24.3 Å². The van der Waals surface area contributed by atoms with Crippen molar-refractivity contribution < 1.29 is 9.84 Å².